The largest absolute Gasteiger partial charge is 0.477 e. The molecular weight excluding hydrogens is 1130 g/mol. The molecule has 0 radical (unpaired) electrons. The summed E-state index contributed by atoms with van der Waals surface area (Å²) in [5.41, 5.74) is 0. The molecule has 0 saturated carbocycles. The molecule has 0 aromatic heterocycles. The van der Waals surface area contributed by atoms with Crippen molar-refractivity contribution in [3.8, 4) is 0 Å². The van der Waals surface area contributed by atoms with Gasteiger partial charge in [-0.15, -0.1) is 0 Å². The summed E-state index contributed by atoms with van der Waals surface area (Å²) < 4.78 is 23.0. The van der Waals surface area contributed by atoms with Gasteiger partial charge in [0.2, 0.25) is 0 Å². The van der Waals surface area contributed by atoms with Crippen LogP contribution in [0.15, 0.2) is 97.2 Å². The van der Waals surface area contributed by atoms with Crippen molar-refractivity contribution in [1.29, 1.82) is 0 Å². The summed E-state index contributed by atoms with van der Waals surface area (Å²) in [5, 5.41) is 9.76. The van der Waals surface area contributed by atoms with Crippen molar-refractivity contribution in [2.75, 3.05) is 47.5 Å². The normalized spacial score (nSPS) is 13.2. The van der Waals surface area contributed by atoms with Crippen LogP contribution in [0, 0.1) is 0 Å². The molecule has 0 saturated heterocycles. The van der Waals surface area contributed by atoms with Crippen molar-refractivity contribution < 1.29 is 42.9 Å². The van der Waals surface area contributed by atoms with E-state index in [0.29, 0.717) is 23.9 Å². The molecule has 9 heteroatoms. The van der Waals surface area contributed by atoms with Gasteiger partial charge < -0.3 is 28.5 Å². The highest BCUT2D eigenvalue weighted by atomic mass is 16.7. The molecule has 0 fully saturated rings. The molecule has 0 aliphatic rings. The summed E-state index contributed by atoms with van der Waals surface area (Å²) >= 11 is 0. The summed E-state index contributed by atoms with van der Waals surface area (Å²) in [5.74, 6) is -2.02. The molecule has 0 aliphatic heterocycles. The Morgan fingerprint density at radius 3 is 0.945 bits per heavy atom. The fourth-order valence-corrected chi connectivity index (χ4v) is 11.0. The number of unbranched alkanes of at least 4 members (excludes halogenated alkanes) is 40. The van der Waals surface area contributed by atoms with E-state index in [1.807, 2.05) is 21.1 Å². The molecule has 0 aromatic carbocycles. The van der Waals surface area contributed by atoms with Crippen molar-refractivity contribution in [3.05, 3.63) is 97.2 Å². The number of nitrogens with zero attached hydrogens (tertiary/aromatic N) is 1. The maximum absolute atomic E-state index is 12.9. The number of carbonyl (C=O) groups excluding carboxylic acids is 2. The van der Waals surface area contributed by atoms with E-state index >= 15 is 0 Å². The van der Waals surface area contributed by atoms with Gasteiger partial charge in [-0.05, 0) is 96.3 Å². The van der Waals surface area contributed by atoms with Crippen molar-refractivity contribution in [3.63, 3.8) is 0 Å². The minimum atomic E-state index is -1.52. The predicted octanol–water partition coefficient (Wildman–Crippen LogP) is 24.4. The van der Waals surface area contributed by atoms with Gasteiger partial charge in [-0.3, -0.25) is 9.59 Å². The second-order valence-electron chi connectivity index (χ2n) is 26.9. The number of quaternary nitrogens is 1. The van der Waals surface area contributed by atoms with Gasteiger partial charge in [0.05, 0.1) is 34.4 Å². The van der Waals surface area contributed by atoms with Crippen LogP contribution >= 0.6 is 0 Å². The smallest absolute Gasteiger partial charge is 0.361 e. The van der Waals surface area contributed by atoms with Gasteiger partial charge >= 0.3 is 17.9 Å². The fraction of sp³-hybridized carbons (Fsp3) is 0.768. The van der Waals surface area contributed by atoms with Crippen molar-refractivity contribution in [2.24, 2.45) is 0 Å². The minimum Gasteiger partial charge on any atom is -0.477 e. The minimum absolute atomic E-state index is 0.180. The van der Waals surface area contributed by atoms with E-state index in [0.717, 1.165) is 96.3 Å². The summed E-state index contributed by atoms with van der Waals surface area (Å²) in [6.45, 7) is 4.77. The summed E-state index contributed by atoms with van der Waals surface area (Å²) in [6, 6.07) is 0. The SMILES string of the molecule is CC/C=C\C/C=C\C/C=C\C/C=C\C/C=C\C/C=C\C/C=C\CCCCCCCC(=O)OC(COC(=O)CCCCCCCCCCCCCCCCCCCCCCCCCCCCC/C=C\CCCCCCCCCC)COC(OCC[N+](C)(C)C)C(=O)O. The first-order valence-electron chi connectivity index (χ1n) is 38.4. The molecule has 526 valence electrons. The van der Waals surface area contributed by atoms with E-state index < -0.39 is 24.3 Å². The summed E-state index contributed by atoms with van der Waals surface area (Å²) in [4.78, 5) is 37.7. The number of carboxylic acid groups (broad SMARTS) is 1. The lowest BCUT2D eigenvalue weighted by Gasteiger charge is -2.25. The first-order valence-corrected chi connectivity index (χ1v) is 38.4. The molecule has 2 atom stereocenters. The van der Waals surface area contributed by atoms with E-state index in [9.17, 15) is 19.5 Å². The second-order valence-corrected chi connectivity index (χ2v) is 26.9. The van der Waals surface area contributed by atoms with Gasteiger partial charge in [-0.1, -0.05) is 336 Å². The molecule has 91 heavy (non-hydrogen) atoms. The van der Waals surface area contributed by atoms with Gasteiger partial charge in [0, 0.05) is 12.8 Å². The Morgan fingerprint density at radius 1 is 0.341 bits per heavy atom. The lowest BCUT2D eigenvalue weighted by Crippen LogP contribution is -2.40. The number of aliphatic carboxylic acids is 1. The molecule has 2 unspecified atom stereocenters. The maximum Gasteiger partial charge on any atom is 0.361 e. The Kier molecular flexibility index (Phi) is 69.0. The molecule has 0 spiro atoms. The van der Waals surface area contributed by atoms with E-state index in [1.165, 1.54) is 218 Å². The Balaban J connectivity index is 4.03. The van der Waals surface area contributed by atoms with Gasteiger partial charge in [-0.2, -0.15) is 0 Å². The van der Waals surface area contributed by atoms with E-state index in [4.69, 9.17) is 18.9 Å². The lowest BCUT2D eigenvalue weighted by molar-refractivity contribution is -0.870. The van der Waals surface area contributed by atoms with Crippen molar-refractivity contribution >= 4 is 17.9 Å². The number of carbonyl (C=O) groups is 3. The highest BCUT2D eigenvalue weighted by molar-refractivity contribution is 5.71. The first-order chi connectivity index (χ1) is 44.6. The Hall–Kier alpha value is -3.79. The molecule has 0 aliphatic carbocycles. The van der Waals surface area contributed by atoms with Gasteiger partial charge in [0.25, 0.3) is 6.29 Å². The highest BCUT2D eigenvalue weighted by Crippen LogP contribution is 2.19. The highest BCUT2D eigenvalue weighted by Gasteiger charge is 2.25. The molecule has 0 bridgehead atoms. The zero-order valence-corrected chi connectivity index (χ0v) is 60.2. The number of rotatable bonds is 71. The fourth-order valence-electron chi connectivity index (χ4n) is 11.0. The molecule has 0 rings (SSSR count). The van der Waals surface area contributed by atoms with Crippen LogP contribution in [0.4, 0.5) is 0 Å². The Morgan fingerprint density at radius 2 is 0.626 bits per heavy atom. The van der Waals surface area contributed by atoms with Crippen LogP contribution in [0.1, 0.15) is 348 Å². The second kappa shape index (κ2) is 72.0. The van der Waals surface area contributed by atoms with Crippen LogP contribution in [-0.4, -0.2) is 87.4 Å². The third kappa shape index (κ3) is 73.5. The topological polar surface area (TPSA) is 108 Å². The van der Waals surface area contributed by atoms with Crippen LogP contribution in [-0.2, 0) is 33.3 Å². The van der Waals surface area contributed by atoms with Crippen molar-refractivity contribution in [2.45, 2.75) is 360 Å². The average Bonchev–Trinajstić information content (AvgIpc) is 3.46. The van der Waals surface area contributed by atoms with E-state index in [2.05, 4.69) is 111 Å². The predicted molar refractivity (Wildman–Crippen MR) is 392 cm³/mol. The van der Waals surface area contributed by atoms with Crippen LogP contribution < -0.4 is 0 Å². The first kappa shape index (κ1) is 87.2. The summed E-state index contributed by atoms with van der Waals surface area (Å²) in [6.07, 6.45) is 97.0. The van der Waals surface area contributed by atoms with Crippen LogP contribution in [0.2, 0.25) is 0 Å². The van der Waals surface area contributed by atoms with Crippen LogP contribution in [0.25, 0.3) is 0 Å². The number of hydrogen-bond donors (Lipinski definition) is 1. The zero-order chi connectivity index (χ0) is 66.1. The van der Waals surface area contributed by atoms with Crippen molar-refractivity contribution in [1.82, 2.24) is 0 Å². The summed E-state index contributed by atoms with van der Waals surface area (Å²) in [7, 11) is 5.97. The van der Waals surface area contributed by atoms with Crippen LogP contribution in [0.5, 0.6) is 0 Å². The number of ether oxygens (including phenoxy) is 4. The quantitative estimate of drug-likeness (QED) is 0.0211. The molecule has 0 aromatic rings. The van der Waals surface area contributed by atoms with E-state index in [-0.39, 0.29) is 32.2 Å². The number of hydrogen-bond acceptors (Lipinski definition) is 7. The molecule has 1 N–H and O–H groups in total. The Bertz CT molecular complexity index is 1820. The third-order valence-electron chi connectivity index (χ3n) is 16.8. The lowest BCUT2D eigenvalue weighted by atomic mass is 10.0. The van der Waals surface area contributed by atoms with Crippen LogP contribution in [0.3, 0.4) is 0 Å². The van der Waals surface area contributed by atoms with Gasteiger partial charge in [-0.25, -0.2) is 4.79 Å². The zero-order valence-electron chi connectivity index (χ0n) is 60.2. The monoisotopic (exact) mass is 1270 g/mol. The standard InChI is InChI=1S/C82H145NO8/c1-6-8-10-12-14-16-18-20-22-24-26-28-30-32-34-35-36-37-38-39-40-41-42-43-44-45-47-48-50-52-54-56-58-60-62-64-66-68-70-72-79(84)89-76-78(77-90-82(81(86)87)88-75-74-83(3,4)5)91-80(85)73-71-69-67-65-63-61-59-57-55-53-51-49-46-33-31-29-27-25-23-21-19-17-15-13-11-9-7-2/h9,11,15,17,21,23-24,26-27,29,33,46,51,53,57,59,78,82H,6-8,10,12-14,16,18-20,22,25,28,30-32,34-45,47-50,52,54-56,58,60-77H2,1-5H3/p+1/b11-9-,17-15-,23-21-,26-24-,29-27-,46-33-,53-51-,59-57-. The number of likely N-dealkylation sites (N-methyl/N-ethyl adjacent to an activating group) is 1. The van der Waals surface area contributed by atoms with Gasteiger partial charge in [0.15, 0.2) is 6.10 Å². The Labute approximate surface area is 562 Å². The average molecular weight is 1270 g/mol. The number of carboxylic acids is 1. The number of allylic oxidation sites excluding steroid dienone is 16. The number of esters is 2. The maximum atomic E-state index is 12.9. The van der Waals surface area contributed by atoms with Gasteiger partial charge in [0.1, 0.15) is 13.2 Å². The van der Waals surface area contributed by atoms with E-state index in [1.54, 1.807) is 0 Å². The molecular formula is C82H146NO8+. The molecule has 0 heterocycles. The molecule has 0 amide bonds. The third-order valence-corrected chi connectivity index (χ3v) is 16.8. The molecule has 9 nitrogen and oxygen atoms in total.